The number of terminal acetylenes is 2. The fourth-order valence-electron chi connectivity index (χ4n) is 8.76. The van der Waals surface area contributed by atoms with Crippen molar-refractivity contribution in [3.63, 3.8) is 0 Å². The van der Waals surface area contributed by atoms with Crippen molar-refractivity contribution in [3.8, 4) is 295 Å². The summed E-state index contributed by atoms with van der Waals surface area (Å²) >= 11 is 0. The topological polar surface area (TPSA) is 179 Å². The molecule has 112 heavy (non-hydrogen) atoms. The van der Waals surface area contributed by atoms with E-state index in [1.165, 1.54) is 0 Å². The van der Waals surface area contributed by atoms with Crippen LogP contribution in [0.15, 0.2) is 183 Å². The number of carboxylic acid groups (broad SMARTS) is 2. The van der Waals surface area contributed by atoms with Gasteiger partial charge in [0.25, 0.3) is 11.9 Å². The maximum Gasteiger partial charge on any atom is 2.00 e. The quantitative estimate of drug-likeness (QED) is 0.0697. The van der Waals surface area contributed by atoms with Gasteiger partial charge in [-0.05, 0) is 178 Å². The molecule has 16 heteroatoms. The van der Waals surface area contributed by atoms with Gasteiger partial charge in [0, 0.05) is 254 Å². The second-order valence-corrected chi connectivity index (χ2v) is 20.0. The van der Waals surface area contributed by atoms with Crippen molar-refractivity contribution < 1.29 is 70.1 Å². The van der Waals surface area contributed by atoms with Gasteiger partial charge in [0.15, 0.2) is 0 Å². The summed E-state index contributed by atoms with van der Waals surface area (Å²) in [6, 6.07) is 50.2. The van der Waals surface area contributed by atoms with E-state index < -0.39 is 11.9 Å². The van der Waals surface area contributed by atoms with E-state index >= 15 is 0 Å². The van der Waals surface area contributed by atoms with Crippen LogP contribution < -0.4 is 9.47 Å². The average Bonchev–Trinajstić information content (AvgIpc) is 1.47. The third-order valence-electron chi connectivity index (χ3n) is 12.7. The van der Waals surface area contributed by atoms with Crippen LogP contribution >= 0.6 is 0 Å². The smallest absolute Gasteiger partial charge is 0.497 e. The molecular weight excluding hydrogens is 1570 g/mol. The van der Waals surface area contributed by atoms with Crippen LogP contribution in [0, 0.1) is 262 Å². The van der Waals surface area contributed by atoms with Gasteiger partial charge in [0.05, 0.1) is 11.3 Å². The second-order valence-electron chi connectivity index (χ2n) is 20.0. The number of benzene rings is 4. The minimum absolute atomic E-state index is 0. The molecule has 0 fully saturated rings. The third-order valence-corrected chi connectivity index (χ3v) is 12.7. The molecule has 0 saturated heterocycles. The minimum atomic E-state index is -0.833. The Morgan fingerprint density at radius 1 is 0.339 bits per heavy atom. The maximum atomic E-state index is 9.00. The molecule has 12 aromatic rings. The Bertz CT molecular complexity index is 6650. The van der Waals surface area contributed by atoms with Gasteiger partial charge in [-0.1, -0.05) is 65.4 Å². The van der Waals surface area contributed by atoms with Crippen LogP contribution in [0.1, 0.15) is 13.8 Å². The summed E-state index contributed by atoms with van der Waals surface area (Å²) in [6.07, 6.45) is 24.4. The molecule has 0 aliphatic carbocycles. The van der Waals surface area contributed by atoms with Crippen LogP contribution in [0.4, 0.5) is 0 Å². The van der Waals surface area contributed by atoms with Crippen molar-refractivity contribution in [2.24, 2.45) is 0 Å². The number of nitrogens with zero attached hydrogens (tertiary/aromatic N) is 8. The number of carboxylic acids is 2. The van der Waals surface area contributed by atoms with Crippen LogP contribution in [0.25, 0.3) is 77.4 Å². The Balaban J connectivity index is 0.000000250. The predicted molar refractivity (Wildman–Crippen MR) is 425 cm³/mol. The van der Waals surface area contributed by atoms with Crippen LogP contribution in [0.5, 0.6) is 23.0 Å². The molecule has 12 rings (SSSR count). The van der Waals surface area contributed by atoms with E-state index in [9.17, 15) is 0 Å². The number of hydrogen-bond acceptors (Lipinski definition) is 10. The van der Waals surface area contributed by atoms with Crippen molar-refractivity contribution in [1.82, 2.24) is 38.7 Å². The molecular formula is C96H40N8O6Pd2. The van der Waals surface area contributed by atoms with Gasteiger partial charge in [-0.25, -0.2) is 15.0 Å². The first-order chi connectivity index (χ1) is 54.1. The Morgan fingerprint density at radius 2 is 0.705 bits per heavy atom. The van der Waals surface area contributed by atoms with E-state index in [4.69, 9.17) is 42.1 Å². The molecule has 0 bridgehead atoms. The number of rotatable bonds is 6. The maximum absolute atomic E-state index is 9.00. The predicted octanol–water partition coefficient (Wildman–Crippen LogP) is 11.9. The molecule has 0 aliphatic heterocycles. The third kappa shape index (κ3) is 28.3. The molecule has 0 aliphatic rings. The molecule has 0 spiro atoms. The summed E-state index contributed by atoms with van der Waals surface area (Å²) in [7, 11) is 0. The molecule has 0 saturated carbocycles. The Morgan fingerprint density at radius 3 is 1.15 bits per heavy atom. The van der Waals surface area contributed by atoms with Gasteiger partial charge in [-0.15, -0.1) is 42.7 Å². The van der Waals surface area contributed by atoms with Crippen LogP contribution in [0.2, 0.25) is 0 Å². The van der Waals surface area contributed by atoms with E-state index in [0.29, 0.717) is 11.5 Å². The average molecular weight is 1610 g/mol. The molecule has 0 amide bonds. The zero-order valence-corrected chi connectivity index (χ0v) is 61.3. The van der Waals surface area contributed by atoms with Crippen molar-refractivity contribution in [2.75, 3.05) is 0 Å². The first-order valence-corrected chi connectivity index (χ1v) is 31.4. The standard InChI is InChI=1S/C42H2.C25H16N4O.C25H14N4O.2C2H4O2.2Pd/c1-3-5-7-9-11-13-15-17-19-21-23-25-27-29-31-33-35-37-39-41-42-40-38-36-34-32-30-28-26-24-22-20-18-16-14-12-10-8-6-4-2;2*1-2-11-26-23(8-1)17-5-3-6-18(15-17)30-19-9-10-20-21-7-4-12-27-24(21)29-14-13-28-25(29)22(20)16-19;2*1-2(3)4;;/h1-2H;1-16H;1-14H;2*1H3,(H,3,4);;/q;;-2;;;;+2. The van der Waals surface area contributed by atoms with E-state index in [2.05, 4.69) is 297 Å². The number of carbonyl (C=O) groups is 2. The number of pyridine rings is 6. The van der Waals surface area contributed by atoms with Crippen molar-refractivity contribution in [1.29, 1.82) is 0 Å². The molecule has 14 nitrogen and oxygen atoms in total. The fourth-order valence-corrected chi connectivity index (χ4v) is 8.76. The van der Waals surface area contributed by atoms with Gasteiger partial charge in [0.1, 0.15) is 28.4 Å². The first-order valence-electron chi connectivity index (χ1n) is 31.4. The van der Waals surface area contributed by atoms with E-state index in [0.717, 1.165) is 103 Å². The molecule has 0 unspecified atom stereocenters. The molecule has 520 valence electrons. The summed E-state index contributed by atoms with van der Waals surface area (Å²) in [4.78, 5) is 45.0. The van der Waals surface area contributed by atoms with Gasteiger partial charge < -0.3 is 29.1 Å². The summed E-state index contributed by atoms with van der Waals surface area (Å²) in [5.41, 5.74) is 7.09. The normalized spacial score (nSPS) is 7.96. The monoisotopic (exact) mass is 1610 g/mol. The fraction of sp³-hybridized carbons (Fsp3) is 0.0208. The SMILES string of the molecule is C#CC#CC#CC#CC#CC#CC#CC#CC#CC#CC#CC#CC#CC#CC#CC#CC#CC#CC#CC#CC#C.CC(=O)O.CC(=O)O.[Pd+2].[Pd].[c-]1c(Oc2[c-]c3c(cc2)c2cccnc2n2ccnc32)cccc1-c1ccccn1.c1ccc(-c2cccc(Oc3ccc4c5cccnc5n5ccnc5c4c3)c2)nc1. The zero-order valence-electron chi connectivity index (χ0n) is 58.2. The van der Waals surface area contributed by atoms with Gasteiger partial charge >= 0.3 is 20.4 Å². The molecule has 0 atom stereocenters. The molecule has 8 heterocycles. The van der Waals surface area contributed by atoms with Crippen molar-refractivity contribution in [2.45, 2.75) is 13.8 Å². The Labute approximate surface area is 674 Å². The summed E-state index contributed by atoms with van der Waals surface area (Å²) < 4.78 is 16.3. The number of imidazole rings is 2. The Hall–Kier alpha value is -17.5. The molecule has 8 aromatic heterocycles. The van der Waals surface area contributed by atoms with E-state index in [-0.39, 0.29) is 40.8 Å². The van der Waals surface area contributed by atoms with Crippen LogP contribution in [-0.4, -0.2) is 60.9 Å². The number of hydrogen-bond donors (Lipinski definition) is 2. The molecule has 2 N–H and O–H groups in total. The van der Waals surface area contributed by atoms with Crippen LogP contribution in [-0.2, 0) is 50.4 Å². The van der Waals surface area contributed by atoms with Crippen LogP contribution in [0.3, 0.4) is 0 Å². The molecule has 4 aromatic carbocycles. The molecule has 0 radical (unpaired) electrons. The number of fused-ring (bicyclic) bond motifs is 12. The summed E-state index contributed by atoms with van der Waals surface area (Å²) in [6.45, 7) is 2.17. The largest absolute Gasteiger partial charge is 2.00 e. The van der Waals surface area contributed by atoms with E-state index in [1.807, 2.05) is 136 Å². The van der Waals surface area contributed by atoms with Gasteiger partial charge in [-0.3, -0.25) is 24.0 Å². The number of aromatic nitrogens is 8. The Kier molecular flexibility index (Phi) is 36.1. The second kappa shape index (κ2) is 48.5. The van der Waals surface area contributed by atoms with Crippen molar-refractivity contribution >= 4 is 66.8 Å². The number of ether oxygens (including phenoxy) is 2. The number of aliphatic carboxylic acids is 2. The summed E-state index contributed by atoms with van der Waals surface area (Å²) in [5, 5.41) is 21.0. The van der Waals surface area contributed by atoms with Gasteiger partial charge in [-0.2, -0.15) is 0 Å². The summed E-state index contributed by atoms with van der Waals surface area (Å²) in [5.74, 6) is 99.2. The first kappa shape index (κ1) is 83.5. The zero-order chi connectivity index (χ0) is 77.3. The minimum Gasteiger partial charge on any atom is -0.497 e. The van der Waals surface area contributed by atoms with E-state index in [1.54, 1.807) is 37.2 Å². The van der Waals surface area contributed by atoms with Crippen molar-refractivity contribution in [3.05, 3.63) is 195 Å². The van der Waals surface area contributed by atoms with Gasteiger partial charge in [0.2, 0.25) is 0 Å².